The first-order chi connectivity index (χ1) is 57.1. The van der Waals surface area contributed by atoms with E-state index in [2.05, 4.69) is 439 Å². The molecule has 0 unspecified atom stereocenters. The fraction of sp³-hybridized carbons (Fsp3) is 0. The Morgan fingerprint density at radius 1 is 0.209 bits per heavy atom. The van der Waals surface area contributed by atoms with Gasteiger partial charge in [0.25, 0.3) is 6.71 Å². The van der Waals surface area contributed by atoms with Gasteiger partial charge in [-0.25, -0.2) is 0 Å². The molecule has 534 valence electrons. The number of fused-ring (bicyclic) bond motifs is 12. The lowest BCUT2D eigenvalue weighted by Gasteiger charge is -2.46. The van der Waals surface area contributed by atoms with Gasteiger partial charge < -0.3 is 14.4 Å². The average molecular weight is 1480 g/mol. The van der Waals surface area contributed by atoms with E-state index in [1.165, 1.54) is 91.1 Å². The molecule has 0 radical (unpaired) electrons. The van der Waals surface area contributed by atoms with Crippen molar-refractivity contribution in [2.75, 3.05) is 9.80 Å². The van der Waals surface area contributed by atoms with Crippen molar-refractivity contribution >= 4 is 132 Å². The van der Waals surface area contributed by atoms with Crippen LogP contribution in [0.3, 0.4) is 0 Å². The molecular formula is C110H70BN3S. The van der Waals surface area contributed by atoms with Gasteiger partial charge in [0.1, 0.15) is 0 Å². The number of thiophene rings is 1. The van der Waals surface area contributed by atoms with Crippen molar-refractivity contribution in [1.29, 1.82) is 0 Å². The van der Waals surface area contributed by atoms with Crippen LogP contribution in [0, 0.1) is 0 Å². The number of benzene rings is 19. The molecule has 0 fully saturated rings. The molecule has 0 N–H and O–H groups in total. The molecule has 5 heteroatoms. The van der Waals surface area contributed by atoms with E-state index in [9.17, 15) is 0 Å². The fourth-order valence-corrected chi connectivity index (χ4v) is 20.3. The van der Waals surface area contributed by atoms with Gasteiger partial charge in [-0.3, -0.25) is 0 Å². The minimum absolute atomic E-state index is 0.322. The summed E-state index contributed by atoms with van der Waals surface area (Å²) in [5.41, 5.74) is 34.0. The van der Waals surface area contributed by atoms with Crippen LogP contribution in [-0.2, 0) is 0 Å². The Bertz CT molecular complexity index is 7210. The highest BCUT2D eigenvalue weighted by Gasteiger charge is 2.46. The van der Waals surface area contributed by atoms with Crippen LogP contribution in [0.4, 0.5) is 34.1 Å². The van der Waals surface area contributed by atoms with E-state index in [0.717, 1.165) is 129 Å². The van der Waals surface area contributed by atoms with Crippen molar-refractivity contribution < 1.29 is 0 Å². The summed E-state index contributed by atoms with van der Waals surface area (Å²) in [5.74, 6) is 0. The molecule has 0 spiro atoms. The van der Waals surface area contributed by atoms with Gasteiger partial charge in [0, 0.05) is 75.9 Å². The molecule has 4 heterocycles. The number of hydrogen-bond acceptors (Lipinski definition) is 3. The molecule has 2 aromatic heterocycles. The normalized spacial score (nSPS) is 12.3. The Morgan fingerprint density at radius 3 is 0.983 bits per heavy atom. The third-order valence-corrected chi connectivity index (χ3v) is 25.2. The molecule has 115 heavy (non-hydrogen) atoms. The van der Waals surface area contributed by atoms with Gasteiger partial charge in [0.15, 0.2) is 0 Å². The quantitative estimate of drug-likeness (QED) is 0.0892. The summed E-state index contributed by atoms with van der Waals surface area (Å²) >= 11 is 1.87. The van der Waals surface area contributed by atoms with Crippen LogP contribution in [0.25, 0.3) is 169 Å². The third-order valence-electron chi connectivity index (χ3n) is 24.1. The van der Waals surface area contributed by atoms with Crippen molar-refractivity contribution in [1.82, 2.24) is 4.57 Å². The molecule has 23 rings (SSSR count). The fourth-order valence-electron chi connectivity index (χ4n) is 19.2. The predicted octanol–water partition coefficient (Wildman–Crippen LogP) is 28.5. The summed E-state index contributed by atoms with van der Waals surface area (Å²) in [5, 5.41) is 9.73. The lowest BCUT2D eigenvalue weighted by atomic mass is 9.33. The van der Waals surface area contributed by atoms with Crippen LogP contribution in [0.15, 0.2) is 425 Å². The number of anilines is 6. The Balaban J connectivity index is 0.924. The van der Waals surface area contributed by atoms with Crippen molar-refractivity contribution in [3.63, 3.8) is 0 Å². The smallest absolute Gasteiger partial charge is 0.252 e. The van der Waals surface area contributed by atoms with Gasteiger partial charge in [-0.2, -0.15) is 0 Å². The Hall–Kier alpha value is -14.6. The Labute approximate surface area is 672 Å². The van der Waals surface area contributed by atoms with E-state index in [0.29, 0.717) is 0 Å². The van der Waals surface area contributed by atoms with Crippen LogP contribution in [0.5, 0.6) is 0 Å². The van der Waals surface area contributed by atoms with Crippen molar-refractivity contribution in [3.8, 4) is 106 Å². The maximum absolute atomic E-state index is 2.74. The number of para-hydroxylation sites is 2. The Morgan fingerprint density at radius 2 is 0.548 bits per heavy atom. The third kappa shape index (κ3) is 10.7. The van der Waals surface area contributed by atoms with Crippen LogP contribution in [0.1, 0.15) is 0 Å². The highest BCUT2D eigenvalue weighted by molar-refractivity contribution is 7.26. The summed E-state index contributed by atoms with van der Waals surface area (Å²) in [6.07, 6.45) is 0. The highest BCUT2D eigenvalue weighted by Crippen LogP contribution is 2.57. The van der Waals surface area contributed by atoms with Crippen LogP contribution < -0.4 is 26.2 Å². The van der Waals surface area contributed by atoms with Gasteiger partial charge in [-0.05, 0) is 189 Å². The van der Waals surface area contributed by atoms with Gasteiger partial charge in [-0.15, -0.1) is 11.3 Å². The van der Waals surface area contributed by atoms with E-state index in [4.69, 9.17) is 0 Å². The molecule has 19 aromatic carbocycles. The predicted molar refractivity (Wildman–Crippen MR) is 492 cm³/mol. The van der Waals surface area contributed by atoms with Gasteiger partial charge >= 0.3 is 0 Å². The minimum atomic E-state index is -0.322. The first kappa shape index (κ1) is 66.2. The first-order valence-corrected chi connectivity index (χ1v) is 40.5. The Kier molecular flexibility index (Phi) is 15.6. The summed E-state index contributed by atoms with van der Waals surface area (Å²) < 4.78 is 5.10. The van der Waals surface area contributed by atoms with E-state index < -0.39 is 0 Å². The summed E-state index contributed by atoms with van der Waals surface area (Å²) in [6, 6.07) is 160. The lowest BCUT2D eigenvalue weighted by Crippen LogP contribution is -2.61. The van der Waals surface area contributed by atoms with Gasteiger partial charge in [-0.1, -0.05) is 352 Å². The average Bonchev–Trinajstić information content (AvgIpc) is 1.03. The number of hydrogen-bond donors (Lipinski definition) is 0. The first-order valence-electron chi connectivity index (χ1n) is 39.7. The van der Waals surface area contributed by atoms with E-state index in [1.54, 1.807) is 0 Å². The SMILES string of the molecule is c1ccc(-c2cc(-c3ccccc3)c(N3c4cc(-c5c6ccccc6c(-c6ccccc6)c6ccccc56)ccc4B4c5ccc(-c6cccc7sc8ccccc8c67)cc5N(c5c(-c6ccccc6)cc(-c6ccccc6)cc5-c5ccccc5)c5cc(-n6c7ccccc7c7ccccc76)cc3c54)c(-c3ccccc3)c2)cc1. The molecule has 0 atom stereocenters. The van der Waals surface area contributed by atoms with Crippen LogP contribution >= 0.6 is 11.3 Å². The molecule has 0 bridgehead atoms. The molecule has 0 amide bonds. The number of nitrogens with zero attached hydrogens (tertiary/aromatic N) is 3. The van der Waals surface area contributed by atoms with Crippen molar-refractivity contribution in [2.45, 2.75) is 0 Å². The largest absolute Gasteiger partial charge is 0.310 e. The summed E-state index contributed by atoms with van der Waals surface area (Å²) in [6.45, 7) is -0.322. The van der Waals surface area contributed by atoms with Crippen molar-refractivity contribution in [3.05, 3.63) is 425 Å². The van der Waals surface area contributed by atoms with Crippen LogP contribution in [-0.4, -0.2) is 11.3 Å². The van der Waals surface area contributed by atoms with Gasteiger partial charge in [0.2, 0.25) is 0 Å². The van der Waals surface area contributed by atoms with E-state index in [-0.39, 0.29) is 6.71 Å². The second kappa shape index (κ2) is 27.1. The maximum atomic E-state index is 2.74. The minimum Gasteiger partial charge on any atom is -0.310 e. The summed E-state index contributed by atoms with van der Waals surface area (Å²) in [7, 11) is 0. The standard InChI is InChI=1S/C110H70BN3S/c1-8-33-71(34-9-1)80-63-91(73-37-12-3-13-38-73)109(92(64-80)74-39-14-4-15-40-74)113-99-67-78(83-54-32-58-104-107(83)90-53-28-31-57-103(90)115-104)59-61-95(99)111-96-62-60-79(106-88-51-24-22-49-86(88)105(77-45-20-7-21-46-77)87-50-23-25-52-89(87)106)68-100(96)114(102-70-82(69-101(113)108(102)111)112-97-55-29-26-47-84(97)85-48-27-30-56-98(85)112)110-93(75-41-16-5-17-42-75)65-81(72-35-10-2-11-36-72)66-94(110)76-43-18-6-19-44-76/h1-70H. The molecule has 0 saturated carbocycles. The monoisotopic (exact) mass is 1480 g/mol. The van der Waals surface area contributed by atoms with E-state index >= 15 is 0 Å². The molecule has 0 saturated heterocycles. The van der Waals surface area contributed by atoms with E-state index in [1.807, 2.05) is 11.3 Å². The molecule has 2 aliphatic heterocycles. The zero-order valence-electron chi connectivity index (χ0n) is 62.7. The lowest BCUT2D eigenvalue weighted by molar-refractivity contribution is 1.16. The maximum Gasteiger partial charge on any atom is 0.252 e. The zero-order valence-corrected chi connectivity index (χ0v) is 63.6. The highest BCUT2D eigenvalue weighted by atomic mass is 32.1. The number of rotatable bonds is 12. The zero-order chi connectivity index (χ0) is 75.6. The van der Waals surface area contributed by atoms with Crippen molar-refractivity contribution in [2.24, 2.45) is 0 Å². The summed E-state index contributed by atoms with van der Waals surface area (Å²) in [4.78, 5) is 5.47. The van der Waals surface area contributed by atoms with Gasteiger partial charge in [0.05, 0.1) is 28.1 Å². The molecule has 2 aliphatic rings. The topological polar surface area (TPSA) is 11.4 Å². The second-order valence-corrected chi connectivity index (χ2v) is 31.5. The second-order valence-electron chi connectivity index (χ2n) is 30.4. The molecule has 0 aliphatic carbocycles. The number of aromatic nitrogens is 1. The van der Waals surface area contributed by atoms with Crippen LogP contribution in [0.2, 0.25) is 0 Å². The molecule has 3 nitrogen and oxygen atoms in total. The molecular weight excluding hydrogens is 1410 g/mol. The molecule has 21 aromatic rings.